The molecule has 0 saturated heterocycles. The highest BCUT2D eigenvalue weighted by Gasteiger charge is 2.45. The van der Waals surface area contributed by atoms with Gasteiger partial charge in [-0.25, -0.2) is 4.39 Å². The van der Waals surface area contributed by atoms with Gasteiger partial charge >= 0.3 is 0 Å². The van der Waals surface area contributed by atoms with Crippen molar-refractivity contribution in [3.8, 4) is 0 Å². The molecular weight excluding hydrogens is 201 g/mol. The van der Waals surface area contributed by atoms with Gasteiger partial charge in [0.2, 0.25) is 0 Å². The van der Waals surface area contributed by atoms with Gasteiger partial charge in [0.1, 0.15) is 5.82 Å². The quantitative estimate of drug-likeness (QED) is 0.834. The largest absolute Gasteiger partial charge is 0.330 e. The van der Waals surface area contributed by atoms with E-state index in [4.69, 9.17) is 5.73 Å². The van der Waals surface area contributed by atoms with E-state index < -0.39 is 0 Å². The summed E-state index contributed by atoms with van der Waals surface area (Å²) in [6.45, 7) is 5.19. The zero-order chi connectivity index (χ0) is 11.8. The van der Waals surface area contributed by atoms with Crippen molar-refractivity contribution in [2.75, 3.05) is 6.54 Å². The van der Waals surface area contributed by atoms with Crippen molar-refractivity contribution in [3.05, 3.63) is 35.6 Å². The van der Waals surface area contributed by atoms with Crippen LogP contribution < -0.4 is 5.73 Å². The number of hydrogen-bond acceptors (Lipinski definition) is 1. The minimum absolute atomic E-state index is 0.114. The molecule has 0 aromatic heterocycles. The smallest absolute Gasteiger partial charge is 0.123 e. The molecule has 2 N–H and O–H groups in total. The van der Waals surface area contributed by atoms with E-state index in [9.17, 15) is 4.39 Å². The van der Waals surface area contributed by atoms with Gasteiger partial charge in [-0.2, -0.15) is 0 Å². The highest BCUT2D eigenvalue weighted by Crippen LogP contribution is 2.49. The van der Waals surface area contributed by atoms with Gasteiger partial charge in [0.05, 0.1) is 0 Å². The Labute approximate surface area is 96.9 Å². The Morgan fingerprint density at radius 3 is 2.31 bits per heavy atom. The van der Waals surface area contributed by atoms with Gasteiger partial charge in [-0.15, -0.1) is 0 Å². The number of benzene rings is 1. The van der Waals surface area contributed by atoms with Crippen molar-refractivity contribution in [2.45, 2.75) is 32.1 Å². The molecular formula is C14H20FN. The Morgan fingerprint density at radius 2 is 1.88 bits per heavy atom. The Balaban J connectivity index is 2.16. The normalized spacial score (nSPS) is 29.2. The molecule has 1 aromatic carbocycles. The van der Waals surface area contributed by atoms with E-state index in [1.165, 1.54) is 17.7 Å². The van der Waals surface area contributed by atoms with Gasteiger partial charge in [0, 0.05) is 12.0 Å². The lowest BCUT2D eigenvalue weighted by Gasteiger charge is -2.49. The number of rotatable bonds is 3. The molecule has 0 unspecified atom stereocenters. The molecule has 16 heavy (non-hydrogen) atoms. The van der Waals surface area contributed by atoms with Crippen molar-refractivity contribution in [2.24, 2.45) is 17.6 Å². The summed E-state index contributed by atoms with van der Waals surface area (Å²) in [5, 5.41) is 0. The van der Waals surface area contributed by atoms with Crippen LogP contribution in [0.25, 0.3) is 0 Å². The highest BCUT2D eigenvalue weighted by atomic mass is 19.1. The Morgan fingerprint density at radius 1 is 1.31 bits per heavy atom. The molecule has 1 aliphatic rings. The predicted molar refractivity (Wildman–Crippen MR) is 64.7 cm³/mol. The molecule has 1 aliphatic carbocycles. The monoisotopic (exact) mass is 221 g/mol. The Bertz CT molecular complexity index is 350. The van der Waals surface area contributed by atoms with Crippen molar-refractivity contribution < 1.29 is 4.39 Å². The standard InChI is InChI=1S/C14H20FN/c1-10(2)11-7-14(8-11,9-16)12-3-5-13(15)6-4-12/h3-6,10-11H,7-9,16H2,1-2H3. The average Bonchev–Trinajstić information content (AvgIpc) is 2.19. The molecule has 88 valence electrons. The van der Waals surface area contributed by atoms with E-state index in [2.05, 4.69) is 13.8 Å². The van der Waals surface area contributed by atoms with Crippen LogP contribution in [0.4, 0.5) is 4.39 Å². The maximum absolute atomic E-state index is 12.9. The van der Waals surface area contributed by atoms with E-state index in [1.54, 1.807) is 0 Å². The van der Waals surface area contributed by atoms with Crippen LogP contribution in [-0.4, -0.2) is 6.54 Å². The lowest BCUT2D eigenvalue weighted by Crippen LogP contribution is -2.48. The first-order valence-electron chi connectivity index (χ1n) is 6.03. The number of hydrogen-bond donors (Lipinski definition) is 1. The van der Waals surface area contributed by atoms with Crippen molar-refractivity contribution in [1.29, 1.82) is 0 Å². The van der Waals surface area contributed by atoms with Crippen LogP contribution >= 0.6 is 0 Å². The van der Waals surface area contributed by atoms with Crippen LogP contribution in [0.1, 0.15) is 32.3 Å². The van der Waals surface area contributed by atoms with Gasteiger partial charge in [-0.1, -0.05) is 26.0 Å². The van der Waals surface area contributed by atoms with Crippen LogP contribution in [0, 0.1) is 17.7 Å². The second-order valence-corrected chi connectivity index (χ2v) is 5.40. The van der Waals surface area contributed by atoms with Gasteiger partial charge in [-0.05, 0) is 42.4 Å². The third kappa shape index (κ3) is 1.86. The fraction of sp³-hybridized carbons (Fsp3) is 0.571. The van der Waals surface area contributed by atoms with Crippen molar-refractivity contribution in [1.82, 2.24) is 0 Å². The maximum Gasteiger partial charge on any atom is 0.123 e. The Hall–Kier alpha value is -0.890. The van der Waals surface area contributed by atoms with Gasteiger partial charge in [0.15, 0.2) is 0 Å². The topological polar surface area (TPSA) is 26.0 Å². The number of halogens is 1. The summed E-state index contributed by atoms with van der Waals surface area (Å²) in [5.74, 6) is 1.32. The molecule has 0 amide bonds. The zero-order valence-electron chi connectivity index (χ0n) is 10.0. The molecule has 2 heteroatoms. The molecule has 1 nitrogen and oxygen atoms in total. The van der Waals surface area contributed by atoms with Crippen molar-refractivity contribution in [3.63, 3.8) is 0 Å². The summed E-state index contributed by atoms with van der Waals surface area (Å²) in [7, 11) is 0. The van der Waals surface area contributed by atoms with E-state index in [-0.39, 0.29) is 11.2 Å². The minimum atomic E-state index is -0.171. The number of nitrogens with two attached hydrogens (primary N) is 1. The fourth-order valence-electron chi connectivity index (χ4n) is 2.74. The highest BCUT2D eigenvalue weighted by molar-refractivity contribution is 5.30. The molecule has 1 saturated carbocycles. The summed E-state index contributed by atoms with van der Waals surface area (Å²) < 4.78 is 12.9. The van der Waals surface area contributed by atoms with Crippen LogP contribution in [0.3, 0.4) is 0 Å². The molecule has 0 radical (unpaired) electrons. The van der Waals surface area contributed by atoms with E-state index in [1.807, 2.05) is 12.1 Å². The first-order valence-corrected chi connectivity index (χ1v) is 6.03. The van der Waals surface area contributed by atoms with E-state index >= 15 is 0 Å². The molecule has 0 atom stereocenters. The molecule has 1 aromatic rings. The third-order valence-corrected chi connectivity index (χ3v) is 4.10. The summed E-state index contributed by atoms with van der Waals surface area (Å²) in [6.07, 6.45) is 2.29. The average molecular weight is 221 g/mol. The van der Waals surface area contributed by atoms with E-state index in [0.29, 0.717) is 6.54 Å². The summed E-state index contributed by atoms with van der Waals surface area (Å²) >= 11 is 0. The molecule has 0 heterocycles. The molecule has 0 aliphatic heterocycles. The van der Waals surface area contributed by atoms with Crippen LogP contribution in [0.5, 0.6) is 0 Å². The SMILES string of the molecule is CC(C)C1CC(CN)(c2ccc(F)cc2)C1. The lowest BCUT2D eigenvalue weighted by atomic mass is 9.56. The predicted octanol–water partition coefficient (Wildman–Crippen LogP) is 3.09. The van der Waals surface area contributed by atoms with Gasteiger partial charge < -0.3 is 5.73 Å². The molecule has 1 fully saturated rings. The second-order valence-electron chi connectivity index (χ2n) is 5.40. The van der Waals surface area contributed by atoms with Crippen molar-refractivity contribution >= 4 is 0 Å². The van der Waals surface area contributed by atoms with Crippen LogP contribution in [0.15, 0.2) is 24.3 Å². The van der Waals surface area contributed by atoms with Crippen LogP contribution in [-0.2, 0) is 5.41 Å². The molecule has 0 spiro atoms. The Kier molecular flexibility index (Phi) is 3.02. The molecule has 2 rings (SSSR count). The minimum Gasteiger partial charge on any atom is -0.330 e. The zero-order valence-corrected chi connectivity index (χ0v) is 10.0. The van der Waals surface area contributed by atoms with Crippen LogP contribution in [0.2, 0.25) is 0 Å². The first kappa shape index (κ1) is 11.6. The summed E-state index contributed by atoms with van der Waals surface area (Å²) in [6, 6.07) is 6.85. The molecule has 0 bridgehead atoms. The fourth-order valence-corrected chi connectivity index (χ4v) is 2.74. The summed E-state index contributed by atoms with van der Waals surface area (Å²) in [5.41, 5.74) is 7.22. The van der Waals surface area contributed by atoms with E-state index in [0.717, 1.165) is 24.7 Å². The third-order valence-electron chi connectivity index (χ3n) is 4.10. The lowest BCUT2D eigenvalue weighted by molar-refractivity contribution is 0.106. The maximum atomic E-state index is 12.9. The van der Waals surface area contributed by atoms with Gasteiger partial charge in [0.25, 0.3) is 0 Å². The second kappa shape index (κ2) is 4.17. The van der Waals surface area contributed by atoms with Gasteiger partial charge in [-0.3, -0.25) is 0 Å². The summed E-state index contributed by atoms with van der Waals surface area (Å²) in [4.78, 5) is 0. The first-order chi connectivity index (χ1) is 7.57.